The number of benzene rings is 1. The lowest BCUT2D eigenvalue weighted by atomic mass is 10.0. The van der Waals surface area contributed by atoms with Gasteiger partial charge in [0.1, 0.15) is 0 Å². The molecule has 1 aromatic carbocycles. The number of oxime groups is 1. The smallest absolute Gasteiger partial charge is 0.170 e. The standard InChI is InChI=1S/C15H23N3O3/c1-10-5-12(15(16)17-20)3-4-13(10)7-18-6-11(2)21-14(8-18)9-19/h3-5,11,14,19-20H,6-9H2,1-2H3,(H2,16,17). The van der Waals surface area contributed by atoms with Crippen LogP contribution in [0.5, 0.6) is 0 Å². The topological polar surface area (TPSA) is 91.3 Å². The van der Waals surface area contributed by atoms with Crippen LogP contribution in [0.2, 0.25) is 0 Å². The summed E-state index contributed by atoms with van der Waals surface area (Å²) in [6, 6.07) is 5.76. The van der Waals surface area contributed by atoms with Crippen LogP contribution in [0.1, 0.15) is 23.6 Å². The van der Waals surface area contributed by atoms with Gasteiger partial charge in [-0.3, -0.25) is 4.90 Å². The predicted octanol–water partition coefficient (Wildman–Crippen LogP) is 0.671. The van der Waals surface area contributed by atoms with Gasteiger partial charge in [0.2, 0.25) is 0 Å². The molecule has 21 heavy (non-hydrogen) atoms. The van der Waals surface area contributed by atoms with Crippen LogP contribution in [0.15, 0.2) is 23.4 Å². The molecule has 1 heterocycles. The van der Waals surface area contributed by atoms with Gasteiger partial charge >= 0.3 is 0 Å². The second kappa shape index (κ2) is 6.89. The summed E-state index contributed by atoms with van der Waals surface area (Å²) < 4.78 is 5.65. The number of rotatable bonds is 4. The number of ether oxygens (including phenoxy) is 1. The van der Waals surface area contributed by atoms with Gasteiger partial charge in [-0.1, -0.05) is 17.3 Å². The van der Waals surface area contributed by atoms with Crippen LogP contribution in [0, 0.1) is 6.92 Å². The molecule has 0 aromatic heterocycles. The molecule has 6 heteroatoms. The van der Waals surface area contributed by atoms with Crippen molar-refractivity contribution in [3.63, 3.8) is 0 Å². The van der Waals surface area contributed by atoms with Crippen molar-refractivity contribution in [1.82, 2.24) is 4.90 Å². The van der Waals surface area contributed by atoms with Gasteiger partial charge in [0, 0.05) is 25.2 Å². The average molecular weight is 293 g/mol. The van der Waals surface area contributed by atoms with Crippen LogP contribution in [0.4, 0.5) is 0 Å². The quantitative estimate of drug-likeness (QED) is 0.328. The molecule has 1 saturated heterocycles. The lowest BCUT2D eigenvalue weighted by molar-refractivity contribution is -0.0972. The first kappa shape index (κ1) is 15.8. The van der Waals surface area contributed by atoms with Gasteiger partial charge in [-0.15, -0.1) is 0 Å². The number of morpholine rings is 1. The van der Waals surface area contributed by atoms with Crippen molar-refractivity contribution in [3.05, 3.63) is 34.9 Å². The fourth-order valence-corrected chi connectivity index (χ4v) is 2.70. The third-order valence-electron chi connectivity index (χ3n) is 3.75. The van der Waals surface area contributed by atoms with E-state index in [2.05, 4.69) is 10.1 Å². The second-order valence-electron chi connectivity index (χ2n) is 5.57. The van der Waals surface area contributed by atoms with Crippen molar-refractivity contribution in [2.75, 3.05) is 19.7 Å². The molecule has 1 aliphatic heterocycles. The molecular formula is C15H23N3O3. The first-order valence-corrected chi connectivity index (χ1v) is 7.09. The molecule has 2 unspecified atom stereocenters. The van der Waals surface area contributed by atoms with E-state index in [0.717, 1.165) is 25.2 Å². The zero-order valence-corrected chi connectivity index (χ0v) is 12.5. The number of aliphatic hydroxyl groups excluding tert-OH is 1. The minimum absolute atomic E-state index is 0.0439. The Bertz CT molecular complexity index is 519. The lowest BCUT2D eigenvalue weighted by Crippen LogP contribution is -2.47. The molecule has 2 atom stereocenters. The molecule has 1 aromatic rings. The summed E-state index contributed by atoms with van der Waals surface area (Å²) in [6.07, 6.45) is -0.00172. The molecule has 0 amide bonds. The highest BCUT2D eigenvalue weighted by Crippen LogP contribution is 2.17. The summed E-state index contributed by atoms with van der Waals surface area (Å²) in [5, 5.41) is 21.0. The average Bonchev–Trinajstić information content (AvgIpc) is 2.47. The molecule has 6 nitrogen and oxygen atoms in total. The molecule has 1 aliphatic rings. The zero-order valence-electron chi connectivity index (χ0n) is 12.5. The molecule has 4 N–H and O–H groups in total. The Morgan fingerprint density at radius 3 is 2.86 bits per heavy atom. The molecule has 1 fully saturated rings. The van der Waals surface area contributed by atoms with Crippen LogP contribution < -0.4 is 5.73 Å². The summed E-state index contributed by atoms with van der Waals surface area (Å²) >= 11 is 0. The Balaban J connectivity index is 2.09. The summed E-state index contributed by atoms with van der Waals surface area (Å²) in [6.45, 7) is 6.44. The van der Waals surface area contributed by atoms with Gasteiger partial charge in [0.15, 0.2) is 5.84 Å². The van der Waals surface area contributed by atoms with Gasteiger partial charge in [-0.2, -0.15) is 0 Å². The summed E-state index contributed by atoms with van der Waals surface area (Å²) in [4.78, 5) is 2.28. The van der Waals surface area contributed by atoms with E-state index in [1.165, 1.54) is 5.56 Å². The highest BCUT2D eigenvalue weighted by molar-refractivity contribution is 5.97. The number of amidine groups is 1. The number of aliphatic hydroxyl groups is 1. The van der Waals surface area contributed by atoms with E-state index in [4.69, 9.17) is 15.7 Å². The normalized spacial score (nSPS) is 24.2. The number of nitrogens with two attached hydrogens (primary N) is 1. The van der Waals surface area contributed by atoms with Crippen molar-refractivity contribution in [1.29, 1.82) is 0 Å². The maximum Gasteiger partial charge on any atom is 0.170 e. The summed E-state index contributed by atoms with van der Waals surface area (Å²) in [5.74, 6) is 0.116. The Morgan fingerprint density at radius 2 is 2.24 bits per heavy atom. The second-order valence-corrected chi connectivity index (χ2v) is 5.57. The van der Waals surface area contributed by atoms with Crippen LogP contribution >= 0.6 is 0 Å². The highest BCUT2D eigenvalue weighted by Gasteiger charge is 2.24. The van der Waals surface area contributed by atoms with Gasteiger partial charge < -0.3 is 20.8 Å². The summed E-state index contributed by atoms with van der Waals surface area (Å²) in [7, 11) is 0. The lowest BCUT2D eigenvalue weighted by Gasteiger charge is -2.36. The number of nitrogens with zero attached hydrogens (tertiary/aromatic N) is 2. The highest BCUT2D eigenvalue weighted by atomic mass is 16.5. The van der Waals surface area contributed by atoms with Gasteiger partial charge in [0.05, 0.1) is 18.8 Å². The fourth-order valence-electron chi connectivity index (χ4n) is 2.70. The Kier molecular flexibility index (Phi) is 5.17. The molecular weight excluding hydrogens is 270 g/mol. The molecule has 0 aliphatic carbocycles. The Hall–Kier alpha value is -1.63. The Morgan fingerprint density at radius 1 is 1.48 bits per heavy atom. The monoisotopic (exact) mass is 293 g/mol. The van der Waals surface area contributed by atoms with Gasteiger partial charge in [0.25, 0.3) is 0 Å². The van der Waals surface area contributed by atoms with Crippen LogP contribution in [0.3, 0.4) is 0 Å². The van der Waals surface area contributed by atoms with Crippen molar-refractivity contribution >= 4 is 5.84 Å². The summed E-state index contributed by atoms with van der Waals surface area (Å²) in [5.41, 5.74) is 8.59. The van der Waals surface area contributed by atoms with Crippen molar-refractivity contribution in [2.45, 2.75) is 32.6 Å². The third kappa shape index (κ3) is 3.93. The maximum absolute atomic E-state index is 9.27. The van der Waals surface area contributed by atoms with E-state index in [-0.39, 0.29) is 24.7 Å². The predicted molar refractivity (Wildman–Crippen MR) is 80.4 cm³/mol. The first-order chi connectivity index (χ1) is 10.0. The molecule has 116 valence electrons. The van der Waals surface area contributed by atoms with Gasteiger partial charge in [-0.25, -0.2) is 0 Å². The zero-order chi connectivity index (χ0) is 15.4. The number of hydrogen-bond donors (Lipinski definition) is 3. The third-order valence-corrected chi connectivity index (χ3v) is 3.75. The molecule has 2 rings (SSSR count). The Labute approximate surface area is 124 Å². The van der Waals surface area contributed by atoms with E-state index >= 15 is 0 Å². The molecule has 0 saturated carbocycles. The van der Waals surface area contributed by atoms with Crippen LogP contribution in [-0.2, 0) is 11.3 Å². The molecule has 0 spiro atoms. The molecule has 0 radical (unpaired) electrons. The molecule has 0 bridgehead atoms. The van der Waals surface area contributed by atoms with Gasteiger partial charge in [-0.05, 0) is 31.0 Å². The van der Waals surface area contributed by atoms with E-state index in [1.54, 1.807) is 0 Å². The maximum atomic E-state index is 9.27. The minimum Gasteiger partial charge on any atom is -0.409 e. The van der Waals surface area contributed by atoms with Crippen LogP contribution in [0.25, 0.3) is 0 Å². The SMILES string of the molecule is Cc1cc(/C(N)=N/O)ccc1CN1CC(C)OC(CO)C1. The fraction of sp³-hybridized carbons (Fsp3) is 0.533. The van der Waals surface area contributed by atoms with E-state index < -0.39 is 0 Å². The first-order valence-electron chi connectivity index (χ1n) is 7.09. The van der Waals surface area contributed by atoms with E-state index in [0.29, 0.717) is 5.56 Å². The largest absolute Gasteiger partial charge is 0.409 e. The van der Waals surface area contributed by atoms with Crippen LogP contribution in [-0.4, -0.2) is 53.0 Å². The van der Waals surface area contributed by atoms with E-state index in [1.807, 2.05) is 32.0 Å². The minimum atomic E-state index is -0.120. The van der Waals surface area contributed by atoms with Crippen molar-refractivity contribution < 1.29 is 15.1 Å². The van der Waals surface area contributed by atoms with E-state index in [9.17, 15) is 5.11 Å². The van der Waals surface area contributed by atoms with Crippen molar-refractivity contribution in [2.24, 2.45) is 10.9 Å². The number of hydrogen-bond acceptors (Lipinski definition) is 5. The number of aryl methyl sites for hydroxylation is 1. The van der Waals surface area contributed by atoms with Crippen molar-refractivity contribution in [3.8, 4) is 0 Å².